The fourth-order valence-corrected chi connectivity index (χ4v) is 5.43. The molecule has 3 aliphatic heterocycles. The second-order valence-corrected chi connectivity index (χ2v) is 9.49. The monoisotopic (exact) mass is 449 g/mol. The maximum atomic E-state index is 14.8. The molecule has 0 spiro atoms. The van der Waals surface area contributed by atoms with Gasteiger partial charge >= 0.3 is 0 Å². The van der Waals surface area contributed by atoms with Crippen molar-refractivity contribution in [3.8, 4) is 0 Å². The van der Waals surface area contributed by atoms with E-state index < -0.39 is 29.9 Å². The molecule has 10 heteroatoms. The van der Waals surface area contributed by atoms with E-state index in [1.165, 1.54) is 12.0 Å². The number of carbonyl (C=O) groups is 2. The zero-order valence-corrected chi connectivity index (χ0v) is 17.9. The Hall–Kier alpha value is -1.03. The molecule has 1 saturated carbocycles. The lowest BCUT2D eigenvalue weighted by molar-refractivity contribution is -0.174. The first-order valence-corrected chi connectivity index (χ1v) is 11.2. The topological polar surface area (TPSA) is 71.1 Å². The Morgan fingerprint density at radius 3 is 2.57 bits per heavy atom. The average molecular weight is 450 g/mol. The highest BCUT2D eigenvalue weighted by Crippen LogP contribution is 2.34. The Morgan fingerprint density at radius 2 is 1.97 bits per heavy atom. The Bertz CT molecular complexity index is 656. The van der Waals surface area contributed by atoms with Crippen LogP contribution in [0.4, 0.5) is 8.78 Å². The number of amides is 2. The van der Waals surface area contributed by atoms with E-state index in [1.807, 2.05) is 0 Å². The average Bonchev–Trinajstić information content (AvgIpc) is 2.68. The number of rotatable bonds is 5. The van der Waals surface area contributed by atoms with Crippen molar-refractivity contribution in [3.05, 3.63) is 0 Å². The van der Waals surface area contributed by atoms with Crippen molar-refractivity contribution in [3.63, 3.8) is 0 Å². The number of hydrogen-bond donors (Lipinski definition) is 1. The quantitative estimate of drug-likeness (QED) is 0.636. The van der Waals surface area contributed by atoms with Gasteiger partial charge in [-0.05, 0) is 25.2 Å². The summed E-state index contributed by atoms with van der Waals surface area (Å²) in [7, 11) is 1.53. The number of methoxy groups -OCH3 is 1. The van der Waals surface area contributed by atoms with Crippen LogP contribution in [0.15, 0.2) is 0 Å². The molecule has 6 unspecified atom stereocenters. The fraction of sp³-hybridized carbons (Fsp3) is 0.900. The molecule has 4 aliphatic rings. The van der Waals surface area contributed by atoms with Crippen LogP contribution >= 0.6 is 11.6 Å². The second-order valence-electron chi connectivity index (χ2n) is 8.93. The summed E-state index contributed by atoms with van der Waals surface area (Å²) >= 11 is 6.11. The standard InChI is InChI=1S/C20H30ClF2N3O4/c1-29-13-5-16(23)19(24-6-13)26-8-17(27)25(18(20(26)28)12-9-30-10-12)7-11-2-3-15(22)14(21)4-11/h11-16,18-19,24H,2-10H2,1H3/t11?,13?,14?,15?,16?,18-,19?/m1/s1. The Kier molecular flexibility index (Phi) is 6.82. The minimum Gasteiger partial charge on any atom is -0.380 e. The van der Waals surface area contributed by atoms with Crippen LogP contribution in [0.5, 0.6) is 0 Å². The van der Waals surface area contributed by atoms with Crippen LogP contribution in [-0.2, 0) is 19.1 Å². The lowest BCUT2D eigenvalue weighted by atomic mass is 9.85. The zero-order valence-electron chi connectivity index (χ0n) is 17.1. The van der Waals surface area contributed by atoms with Crippen LogP contribution < -0.4 is 5.32 Å². The molecule has 0 radical (unpaired) electrons. The number of alkyl halides is 3. The predicted octanol–water partition coefficient (Wildman–Crippen LogP) is 1.09. The molecular weight excluding hydrogens is 420 g/mol. The van der Waals surface area contributed by atoms with Crippen LogP contribution in [0.25, 0.3) is 0 Å². The second kappa shape index (κ2) is 9.22. The first-order chi connectivity index (χ1) is 14.4. The maximum absolute atomic E-state index is 14.8. The summed E-state index contributed by atoms with van der Waals surface area (Å²) in [5, 5.41) is 2.48. The van der Waals surface area contributed by atoms with Crippen LogP contribution in [0, 0.1) is 11.8 Å². The number of hydrogen-bond acceptors (Lipinski definition) is 5. The minimum absolute atomic E-state index is 0.0514. The van der Waals surface area contributed by atoms with Crippen LogP contribution in [0.1, 0.15) is 25.7 Å². The molecule has 3 heterocycles. The summed E-state index contributed by atoms with van der Waals surface area (Å²) in [4.78, 5) is 29.5. The molecular formula is C20H30ClF2N3O4. The van der Waals surface area contributed by atoms with Gasteiger partial charge in [-0.1, -0.05) is 0 Å². The van der Waals surface area contributed by atoms with Crippen molar-refractivity contribution in [2.75, 3.05) is 40.0 Å². The third kappa shape index (κ3) is 4.31. The van der Waals surface area contributed by atoms with E-state index in [0.717, 1.165) is 0 Å². The van der Waals surface area contributed by atoms with Gasteiger partial charge in [-0.25, -0.2) is 8.78 Å². The van der Waals surface area contributed by atoms with E-state index in [2.05, 4.69) is 5.32 Å². The number of piperazine rings is 1. The van der Waals surface area contributed by atoms with E-state index in [4.69, 9.17) is 21.1 Å². The molecule has 170 valence electrons. The summed E-state index contributed by atoms with van der Waals surface area (Å²) in [6, 6.07) is -0.675. The fourth-order valence-electron chi connectivity index (χ4n) is 5.05. The van der Waals surface area contributed by atoms with Crippen molar-refractivity contribution < 1.29 is 27.8 Å². The van der Waals surface area contributed by atoms with Gasteiger partial charge < -0.3 is 19.3 Å². The third-order valence-electron chi connectivity index (χ3n) is 6.92. The summed E-state index contributed by atoms with van der Waals surface area (Å²) < 4.78 is 39.0. The number of halogens is 3. The van der Waals surface area contributed by atoms with E-state index in [0.29, 0.717) is 45.6 Å². The van der Waals surface area contributed by atoms with Gasteiger partial charge in [0.25, 0.3) is 0 Å². The number of carbonyl (C=O) groups excluding carboxylic acids is 2. The largest absolute Gasteiger partial charge is 0.380 e. The van der Waals surface area contributed by atoms with Gasteiger partial charge in [0.1, 0.15) is 31.1 Å². The molecule has 0 aromatic heterocycles. The lowest BCUT2D eigenvalue weighted by Crippen LogP contribution is -2.71. The Labute approximate surface area is 180 Å². The highest BCUT2D eigenvalue weighted by Gasteiger charge is 2.50. The van der Waals surface area contributed by atoms with Gasteiger partial charge in [0.2, 0.25) is 11.8 Å². The highest BCUT2D eigenvalue weighted by molar-refractivity contribution is 6.21. The van der Waals surface area contributed by atoms with Crippen molar-refractivity contribution >= 4 is 23.4 Å². The predicted molar refractivity (Wildman–Crippen MR) is 106 cm³/mol. The molecule has 0 bridgehead atoms. The van der Waals surface area contributed by atoms with Crippen molar-refractivity contribution in [2.24, 2.45) is 11.8 Å². The normalized spacial score (nSPS) is 41.1. The Morgan fingerprint density at radius 1 is 1.20 bits per heavy atom. The van der Waals surface area contributed by atoms with E-state index in [9.17, 15) is 18.4 Å². The number of nitrogens with one attached hydrogen (secondary N) is 1. The number of ether oxygens (including phenoxy) is 2. The lowest BCUT2D eigenvalue weighted by Gasteiger charge is -2.50. The van der Waals surface area contributed by atoms with E-state index in [-0.39, 0.29) is 42.7 Å². The van der Waals surface area contributed by atoms with Crippen molar-refractivity contribution in [1.82, 2.24) is 15.1 Å². The SMILES string of the molecule is COC1CNC(N2CC(=O)N(CC3CCC(F)C(Cl)C3)[C@H](C3COC3)C2=O)C(F)C1. The van der Waals surface area contributed by atoms with Crippen LogP contribution in [0.3, 0.4) is 0 Å². The first kappa shape index (κ1) is 22.2. The molecule has 0 aromatic rings. The molecule has 7 nitrogen and oxygen atoms in total. The Balaban J connectivity index is 1.48. The number of piperidine rings is 1. The number of nitrogens with zero attached hydrogens (tertiary/aromatic N) is 2. The molecule has 3 saturated heterocycles. The molecule has 7 atom stereocenters. The minimum atomic E-state index is -1.32. The maximum Gasteiger partial charge on any atom is 0.247 e. The molecule has 1 aliphatic carbocycles. The van der Waals surface area contributed by atoms with Gasteiger partial charge in [0.05, 0.1) is 24.7 Å². The van der Waals surface area contributed by atoms with Gasteiger partial charge in [-0.2, -0.15) is 0 Å². The van der Waals surface area contributed by atoms with Gasteiger partial charge in [-0.15, -0.1) is 11.6 Å². The van der Waals surface area contributed by atoms with Crippen LogP contribution in [0.2, 0.25) is 0 Å². The third-order valence-corrected chi connectivity index (χ3v) is 7.37. The summed E-state index contributed by atoms with van der Waals surface area (Å²) in [6.45, 7) is 1.42. The summed E-state index contributed by atoms with van der Waals surface area (Å²) in [5.41, 5.74) is 0. The molecule has 30 heavy (non-hydrogen) atoms. The van der Waals surface area contributed by atoms with Crippen molar-refractivity contribution in [2.45, 2.75) is 61.7 Å². The van der Waals surface area contributed by atoms with Gasteiger partial charge in [-0.3, -0.25) is 14.9 Å². The summed E-state index contributed by atoms with van der Waals surface area (Å²) in [5.74, 6) is -0.513. The molecule has 4 fully saturated rings. The molecule has 1 N–H and O–H groups in total. The highest BCUT2D eigenvalue weighted by atomic mass is 35.5. The van der Waals surface area contributed by atoms with Crippen LogP contribution in [-0.4, -0.2) is 97.6 Å². The first-order valence-electron chi connectivity index (χ1n) is 10.7. The zero-order chi connectivity index (χ0) is 21.4. The summed E-state index contributed by atoms with van der Waals surface area (Å²) in [6.07, 6.45) is -1.78. The smallest absolute Gasteiger partial charge is 0.247 e. The van der Waals surface area contributed by atoms with E-state index in [1.54, 1.807) is 4.90 Å². The molecule has 0 aromatic carbocycles. The molecule has 4 rings (SSSR count). The van der Waals surface area contributed by atoms with Gasteiger partial charge in [0.15, 0.2) is 0 Å². The van der Waals surface area contributed by atoms with Gasteiger partial charge in [0, 0.05) is 32.5 Å². The molecule has 2 amide bonds. The van der Waals surface area contributed by atoms with E-state index >= 15 is 0 Å². The van der Waals surface area contributed by atoms with Crippen molar-refractivity contribution in [1.29, 1.82) is 0 Å².